The van der Waals surface area contributed by atoms with Crippen LogP contribution < -0.4 is 4.74 Å². The van der Waals surface area contributed by atoms with Gasteiger partial charge >= 0.3 is 6.11 Å². The lowest BCUT2D eigenvalue weighted by atomic mass is 9.90. The maximum absolute atomic E-state index is 15.0. The largest absolute Gasteiger partial charge is 0.427 e. The lowest BCUT2D eigenvalue weighted by molar-refractivity contribution is -0.188. The molecule has 1 aliphatic rings. The van der Waals surface area contributed by atoms with E-state index in [9.17, 15) is 8.78 Å². The molecule has 0 spiro atoms. The summed E-state index contributed by atoms with van der Waals surface area (Å²) in [6, 6.07) is 16.0. The molecule has 1 aliphatic heterocycles. The molecular formula is C26H25F3O. The molecule has 0 bridgehead atoms. The molecule has 156 valence electrons. The fraction of sp³-hybridized carbons (Fsp3) is 0.308. The number of alkyl halides is 2. The van der Waals surface area contributed by atoms with Crippen LogP contribution in [0.15, 0.2) is 54.6 Å². The van der Waals surface area contributed by atoms with E-state index in [1.807, 2.05) is 31.2 Å². The molecule has 1 nitrogen and oxygen atoms in total. The Kier molecular flexibility index (Phi) is 5.59. The summed E-state index contributed by atoms with van der Waals surface area (Å²) < 4.78 is 49.8. The summed E-state index contributed by atoms with van der Waals surface area (Å²) in [6.07, 6.45) is 0.921. The Morgan fingerprint density at radius 3 is 2.27 bits per heavy atom. The second-order valence-corrected chi connectivity index (χ2v) is 7.97. The van der Waals surface area contributed by atoms with Crippen LogP contribution in [0.4, 0.5) is 13.2 Å². The summed E-state index contributed by atoms with van der Waals surface area (Å²) in [5.41, 5.74) is 3.51. The van der Waals surface area contributed by atoms with Gasteiger partial charge in [-0.3, -0.25) is 0 Å². The Hall–Kier alpha value is -2.75. The minimum atomic E-state index is -3.59. The topological polar surface area (TPSA) is 9.23 Å². The Morgan fingerprint density at radius 2 is 1.53 bits per heavy atom. The first-order valence-electron chi connectivity index (χ1n) is 10.5. The SMILES string of the molecule is CCCCCCc1ccc2c(c1F)OC(F)(F)c1cc(-c3ccc(C)cc3)ccc1-2. The summed E-state index contributed by atoms with van der Waals surface area (Å²) in [4.78, 5) is 0. The fourth-order valence-corrected chi connectivity index (χ4v) is 3.97. The van der Waals surface area contributed by atoms with Crippen LogP contribution in [0.2, 0.25) is 0 Å². The van der Waals surface area contributed by atoms with E-state index >= 15 is 4.39 Å². The maximum atomic E-state index is 15.0. The van der Waals surface area contributed by atoms with Gasteiger partial charge in [0.1, 0.15) is 0 Å². The van der Waals surface area contributed by atoms with Crippen molar-refractivity contribution in [2.75, 3.05) is 0 Å². The number of unbranched alkanes of at least 4 members (excludes halogenated alkanes) is 3. The third-order valence-corrected chi connectivity index (χ3v) is 5.72. The van der Waals surface area contributed by atoms with E-state index in [1.54, 1.807) is 24.3 Å². The van der Waals surface area contributed by atoms with Crippen LogP contribution in [0, 0.1) is 12.7 Å². The summed E-state index contributed by atoms with van der Waals surface area (Å²) >= 11 is 0. The number of hydrogen-bond acceptors (Lipinski definition) is 1. The molecule has 0 unspecified atom stereocenters. The Labute approximate surface area is 175 Å². The summed E-state index contributed by atoms with van der Waals surface area (Å²) in [7, 11) is 0. The predicted octanol–water partition coefficient (Wildman–Crippen LogP) is 8.03. The van der Waals surface area contributed by atoms with Crippen molar-refractivity contribution in [2.45, 2.75) is 52.1 Å². The Morgan fingerprint density at radius 1 is 0.833 bits per heavy atom. The standard InChI is InChI=1S/C26H25F3O/c1-3-4-5-6-7-19-12-15-22-21-14-13-20(18-10-8-17(2)9-11-18)16-23(21)26(28,29)30-25(22)24(19)27/h8-16H,3-7H2,1-2H3. The zero-order valence-corrected chi connectivity index (χ0v) is 17.3. The van der Waals surface area contributed by atoms with E-state index in [1.165, 1.54) is 6.07 Å². The molecule has 3 aromatic carbocycles. The molecule has 0 radical (unpaired) electrons. The number of aryl methyl sites for hydroxylation is 2. The van der Waals surface area contributed by atoms with Gasteiger partial charge < -0.3 is 4.74 Å². The van der Waals surface area contributed by atoms with Crippen molar-refractivity contribution in [1.29, 1.82) is 0 Å². The quantitative estimate of drug-likeness (QED) is 0.374. The van der Waals surface area contributed by atoms with Crippen LogP contribution in [-0.4, -0.2) is 0 Å². The third-order valence-electron chi connectivity index (χ3n) is 5.72. The number of hydrogen-bond donors (Lipinski definition) is 0. The number of rotatable bonds is 6. The first-order valence-corrected chi connectivity index (χ1v) is 10.5. The first kappa shape index (κ1) is 20.5. The lowest BCUT2D eigenvalue weighted by Crippen LogP contribution is -2.27. The highest BCUT2D eigenvalue weighted by Crippen LogP contribution is 2.49. The van der Waals surface area contributed by atoms with Crippen molar-refractivity contribution in [2.24, 2.45) is 0 Å². The van der Waals surface area contributed by atoms with E-state index in [-0.39, 0.29) is 11.3 Å². The minimum Gasteiger partial charge on any atom is -0.425 e. The molecule has 4 rings (SSSR count). The van der Waals surface area contributed by atoms with Gasteiger partial charge in [-0.25, -0.2) is 4.39 Å². The monoisotopic (exact) mass is 410 g/mol. The van der Waals surface area contributed by atoms with Crippen molar-refractivity contribution < 1.29 is 17.9 Å². The van der Waals surface area contributed by atoms with Crippen molar-refractivity contribution in [3.63, 3.8) is 0 Å². The number of ether oxygens (including phenoxy) is 1. The van der Waals surface area contributed by atoms with Gasteiger partial charge in [0.25, 0.3) is 0 Å². The average molecular weight is 410 g/mol. The Balaban J connectivity index is 1.72. The maximum Gasteiger partial charge on any atom is 0.427 e. The zero-order valence-electron chi connectivity index (χ0n) is 17.3. The summed E-state index contributed by atoms with van der Waals surface area (Å²) in [6.45, 7) is 4.08. The molecule has 0 fully saturated rings. The van der Waals surface area contributed by atoms with Gasteiger partial charge in [-0.1, -0.05) is 80.3 Å². The van der Waals surface area contributed by atoms with Crippen molar-refractivity contribution in [3.05, 3.63) is 77.1 Å². The molecule has 0 saturated heterocycles. The molecule has 0 N–H and O–H groups in total. The smallest absolute Gasteiger partial charge is 0.425 e. The van der Waals surface area contributed by atoms with Gasteiger partial charge in [0.2, 0.25) is 0 Å². The number of benzene rings is 3. The zero-order chi connectivity index (χ0) is 21.3. The van der Waals surface area contributed by atoms with Crippen LogP contribution in [0.3, 0.4) is 0 Å². The van der Waals surface area contributed by atoms with Gasteiger partial charge in [0.15, 0.2) is 11.6 Å². The molecule has 0 saturated carbocycles. The number of fused-ring (bicyclic) bond motifs is 3. The van der Waals surface area contributed by atoms with Crippen LogP contribution in [-0.2, 0) is 12.5 Å². The summed E-state index contributed by atoms with van der Waals surface area (Å²) in [5.74, 6) is -1.01. The Bertz CT molecular complexity index is 1050. The molecule has 0 amide bonds. The van der Waals surface area contributed by atoms with Crippen molar-refractivity contribution >= 4 is 0 Å². The number of halogens is 3. The van der Waals surface area contributed by atoms with E-state index in [0.29, 0.717) is 28.7 Å². The van der Waals surface area contributed by atoms with Gasteiger partial charge in [-0.2, -0.15) is 8.78 Å². The second-order valence-electron chi connectivity index (χ2n) is 7.97. The molecular weight excluding hydrogens is 385 g/mol. The molecule has 1 heterocycles. The van der Waals surface area contributed by atoms with Crippen molar-refractivity contribution in [3.8, 4) is 28.0 Å². The van der Waals surface area contributed by atoms with Gasteiger partial charge in [0, 0.05) is 5.56 Å². The fourth-order valence-electron chi connectivity index (χ4n) is 3.97. The van der Waals surface area contributed by atoms with E-state index in [2.05, 4.69) is 6.92 Å². The normalized spacial score (nSPS) is 14.0. The molecule has 0 aliphatic carbocycles. The molecule has 0 aromatic heterocycles. The molecule has 3 aromatic rings. The van der Waals surface area contributed by atoms with Crippen LogP contribution in [0.1, 0.15) is 49.3 Å². The van der Waals surface area contributed by atoms with Gasteiger partial charge in [0.05, 0.1) is 5.56 Å². The van der Waals surface area contributed by atoms with Gasteiger partial charge in [-0.15, -0.1) is 0 Å². The van der Waals surface area contributed by atoms with Crippen LogP contribution >= 0.6 is 0 Å². The van der Waals surface area contributed by atoms with E-state index in [0.717, 1.165) is 36.8 Å². The lowest BCUT2D eigenvalue weighted by Gasteiger charge is -2.29. The van der Waals surface area contributed by atoms with E-state index < -0.39 is 11.9 Å². The molecule has 0 atom stereocenters. The third kappa shape index (κ3) is 3.83. The summed E-state index contributed by atoms with van der Waals surface area (Å²) in [5, 5.41) is 0. The highest BCUT2D eigenvalue weighted by atomic mass is 19.3. The van der Waals surface area contributed by atoms with Crippen molar-refractivity contribution in [1.82, 2.24) is 0 Å². The first-order chi connectivity index (χ1) is 14.4. The second kappa shape index (κ2) is 8.17. The highest BCUT2D eigenvalue weighted by Gasteiger charge is 2.43. The molecule has 30 heavy (non-hydrogen) atoms. The van der Waals surface area contributed by atoms with Gasteiger partial charge in [-0.05, 0) is 48.1 Å². The van der Waals surface area contributed by atoms with E-state index in [4.69, 9.17) is 4.74 Å². The van der Waals surface area contributed by atoms with Crippen LogP contribution in [0.5, 0.6) is 5.75 Å². The highest BCUT2D eigenvalue weighted by molar-refractivity contribution is 5.80. The molecule has 4 heteroatoms. The predicted molar refractivity (Wildman–Crippen MR) is 114 cm³/mol. The average Bonchev–Trinajstić information content (AvgIpc) is 2.73. The minimum absolute atomic E-state index is 0.233. The van der Waals surface area contributed by atoms with Crippen LogP contribution in [0.25, 0.3) is 22.3 Å².